The van der Waals surface area contributed by atoms with Crippen LogP contribution in [0.1, 0.15) is 38.3 Å². The molecule has 4 N–H and O–H groups in total. The third-order valence-electron chi connectivity index (χ3n) is 5.16. The molecule has 1 fully saturated rings. The number of likely N-dealkylation sites (tertiary alicyclic amines) is 1. The van der Waals surface area contributed by atoms with Crippen molar-refractivity contribution in [2.24, 2.45) is 5.92 Å². The first-order chi connectivity index (χ1) is 13.2. The zero-order valence-corrected chi connectivity index (χ0v) is 16.5. The molecule has 1 aliphatic heterocycles. The number of carboxylic acid groups (broad SMARTS) is 1. The van der Waals surface area contributed by atoms with E-state index in [9.17, 15) is 24.9 Å². The van der Waals surface area contributed by atoms with Crippen molar-refractivity contribution < 1.29 is 29.6 Å². The maximum atomic E-state index is 12.0. The molecule has 8 nitrogen and oxygen atoms in total. The van der Waals surface area contributed by atoms with Gasteiger partial charge in [0.05, 0.1) is 6.10 Å². The first-order valence-corrected chi connectivity index (χ1v) is 9.25. The predicted octanol–water partition coefficient (Wildman–Crippen LogP) is 1.77. The minimum atomic E-state index is -1.15. The number of amides is 1. The predicted molar refractivity (Wildman–Crippen MR) is 103 cm³/mol. The summed E-state index contributed by atoms with van der Waals surface area (Å²) in [6.45, 7) is 5.22. The minimum absolute atomic E-state index is 0.000574. The lowest BCUT2D eigenvalue weighted by molar-refractivity contribution is -0.193. The van der Waals surface area contributed by atoms with E-state index in [0.29, 0.717) is 23.1 Å². The van der Waals surface area contributed by atoms with Crippen LogP contribution in [-0.4, -0.2) is 57.7 Å². The van der Waals surface area contributed by atoms with E-state index >= 15 is 0 Å². The van der Waals surface area contributed by atoms with Crippen molar-refractivity contribution in [3.63, 3.8) is 0 Å². The second-order valence-corrected chi connectivity index (χ2v) is 6.92. The highest BCUT2D eigenvalue weighted by atomic mass is 16.5. The number of carboxylic acids is 1. The molecule has 1 amide bonds. The number of aliphatic hydroxyl groups is 2. The van der Waals surface area contributed by atoms with E-state index in [2.05, 4.69) is 5.32 Å². The van der Waals surface area contributed by atoms with Crippen LogP contribution in [0.3, 0.4) is 0 Å². The molecule has 1 aliphatic rings. The standard InChI is InChI=1S/C20H28N2O6/c1-5-15-16(12(3)23)18(24)22(15)17(19(25)26)11(2)14-8-6-7-13(9-14)10-28-20(27)21-4/h6-9,12,15-16,18,23-24H,5,10H2,1-4H3,(H,21,27)(H,25,26)/b17-11+. The molecule has 0 aromatic heterocycles. The number of nitrogens with zero attached hydrogens (tertiary/aromatic N) is 1. The van der Waals surface area contributed by atoms with E-state index in [1.807, 2.05) is 6.92 Å². The van der Waals surface area contributed by atoms with Crippen LogP contribution in [0, 0.1) is 5.92 Å². The van der Waals surface area contributed by atoms with Crippen LogP contribution in [0.2, 0.25) is 0 Å². The number of carbonyl (C=O) groups is 2. The Morgan fingerprint density at radius 3 is 2.57 bits per heavy atom. The average molecular weight is 392 g/mol. The smallest absolute Gasteiger partial charge is 0.407 e. The summed E-state index contributed by atoms with van der Waals surface area (Å²) in [7, 11) is 1.47. The molecule has 8 heteroatoms. The highest BCUT2D eigenvalue weighted by Crippen LogP contribution is 2.40. The molecule has 0 saturated carbocycles. The zero-order chi connectivity index (χ0) is 21.0. The number of hydrogen-bond donors (Lipinski definition) is 4. The van der Waals surface area contributed by atoms with E-state index < -0.39 is 30.3 Å². The number of aliphatic carboxylic acids is 1. The van der Waals surface area contributed by atoms with Gasteiger partial charge in [-0.3, -0.25) is 0 Å². The quantitative estimate of drug-likeness (QED) is 0.522. The van der Waals surface area contributed by atoms with Crippen molar-refractivity contribution in [1.82, 2.24) is 10.2 Å². The van der Waals surface area contributed by atoms with Crippen LogP contribution < -0.4 is 5.32 Å². The number of rotatable bonds is 7. The summed E-state index contributed by atoms with van der Waals surface area (Å²) < 4.78 is 5.03. The number of aliphatic hydroxyl groups excluding tert-OH is 2. The summed E-state index contributed by atoms with van der Waals surface area (Å²) in [5, 5.41) is 32.6. The number of allylic oxidation sites excluding steroid dienone is 1. The first-order valence-electron chi connectivity index (χ1n) is 9.25. The summed E-state index contributed by atoms with van der Waals surface area (Å²) in [6.07, 6.45) is -1.76. The van der Waals surface area contributed by atoms with Gasteiger partial charge in [-0.2, -0.15) is 0 Å². The summed E-state index contributed by atoms with van der Waals surface area (Å²) >= 11 is 0. The molecular formula is C20H28N2O6. The normalized spacial score (nSPS) is 23.4. The van der Waals surface area contributed by atoms with Crippen LogP contribution in [0.5, 0.6) is 0 Å². The molecule has 4 unspecified atom stereocenters. The Hall–Kier alpha value is -2.58. The zero-order valence-electron chi connectivity index (χ0n) is 16.5. The summed E-state index contributed by atoms with van der Waals surface area (Å²) in [5.74, 6) is -1.55. The van der Waals surface area contributed by atoms with Crippen LogP contribution in [0.15, 0.2) is 30.0 Å². The Kier molecular flexibility index (Phi) is 7.04. The number of nitrogens with one attached hydrogen (secondary N) is 1. The van der Waals surface area contributed by atoms with Gasteiger partial charge in [0.2, 0.25) is 0 Å². The summed E-state index contributed by atoms with van der Waals surface area (Å²) in [6, 6.07) is 6.78. The average Bonchev–Trinajstić information content (AvgIpc) is 2.66. The molecule has 0 spiro atoms. The minimum Gasteiger partial charge on any atom is -0.477 e. The summed E-state index contributed by atoms with van der Waals surface area (Å²) in [5.41, 5.74) is 1.85. The van der Waals surface area contributed by atoms with Crippen LogP contribution in [0.25, 0.3) is 5.57 Å². The molecule has 1 saturated heterocycles. The van der Waals surface area contributed by atoms with Gasteiger partial charge in [-0.1, -0.05) is 25.1 Å². The lowest BCUT2D eigenvalue weighted by Gasteiger charge is -2.55. The van der Waals surface area contributed by atoms with Crippen LogP contribution >= 0.6 is 0 Å². The van der Waals surface area contributed by atoms with E-state index in [1.165, 1.54) is 11.9 Å². The Bertz CT molecular complexity index is 761. The number of alkyl carbamates (subject to hydrolysis) is 1. The maximum Gasteiger partial charge on any atom is 0.407 e. The first kappa shape index (κ1) is 21.7. The highest BCUT2D eigenvalue weighted by molar-refractivity contribution is 5.95. The number of hydrogen-bond acceptors (Lipinski definition) is 6. The number of benzene rings is 1. The molecular weight excluding hydrogens is 364 g/mol. The molecule has 0 bridgehead atoms. The molecule has 28 heavy (non-hydrogen) atoms. The third-order valence-corrected chi connectivity index (χ3v) is 5.16. The van der Waals surface area contributed by atoms with E-state index in [1.54, 1.807) is 38.1 Å². The Balaban J connectivity index is 2.36. The van der Waals surface area contributed by atoms with Crippen LogP contribution in [-0.2, 0) is 16.1 Å². The topological polar surface area (TPSA) is 119 Å². The molecule has 154 valence electrons. The SMILES string of the molecule is CCC1C(C(C)O)C(O)N1/C(C(=O)O)=C(\C)c1cccc(COC(=O)NC)c1. The monoisotopic (exact) mass is 392 g/mol. The fraction of sp³-hybridized carbons (Fsp3) is 0.500. The highest BCUT2D eigenvalue weighted by Gasteiger charge is 2.51. The van der Waals surface area contributed by atoms with Gasteiger partial charge in [0.1, 0.15) is 18.5 Å². The van der Waals surface area contributed by atoms with Gasteiger partial charge in [0.15, 0.2) is 0 Å². The lowest BCUT2D eigenvalue weighted by Crippen LogP contribution is -2.66. The van der Waals surface area contributed by atoms with Gasteiger partial charge in [0, 0.05) is 19.0 Å². The fourth-order valence-electron chi connectivity index (χ4n) is 3.72. The van der Waals surface area contributed by atoms with E-state index in [-0.39, 0.29) is 18.3 Å². The molecule has 1 aromatic carbocycles. The van der Waals surface area contributed by atoms with Crippen molar-refractivity contribution in [2.75, 3.05) is 7.05 Å². The van der Waals surface area contributed by atoms with E-state index in [0.717, 1.165) is 0 Å². The Morgan fingerprint density at radius 1 is 1.36 bits per heavy atom. The van der Waals surface area contributed by atoms with Gasteiger partial charge in [-0.05, 0) is 43.0 Å². The van der Waals surface area contributed by atoms with Gasteiger partial charge in [-0.25, -0.2) is 9.59 Å². The van der Waals surface area contributed by atoms with Gasteiger partial charge >= 0.3 is 12.1 Å². The Labute approximate surface area is 164 Å². The van der Waals surface area contributed by atoms with Crippen molar-refractivity contribution in [3.8, 4) is 0 Å². The molecule has 0 radical (unpaired) electrons. The van der Waals surface area contributed by atoms with E-state index in [4.69, 9.17) is 4.74 Å². The van der Waals surface area contributed by atoms with Crippen molar-refractivity contribution in [2.45, 2.75) is 52.2 Å². The van der Waals surface area contributed by atoms with Crippen molar-refractivity contribution in [3.05, 3.63) is 41.1 Å². The molecule has 1 heterocycles. The Morgan fingerprint density at radius 2 is 2.04 bits per heavy atom. The second-order valence-electron chi connectivity index (χ2n) is 6.92. The number of carbonyl (C=O) groups excluding carboxylic acids is 1. The van der Waals surface area contributed by atoms with Gasteiger partial charge < -0.3 is 30.3 Å². The van der Waals surface area contributed by atoms with Gasteiger partial charge in [-0.15, -0.1) is 0 Å². The molecule has 2 rings (SSSR count). The molecule has 1 aromatic rings. The summed E-state index contributed by atoms with van der Waals surface area (Å²) in [4.78, 5) is 24.7. The fourth-order valence-corrected chi connectivity index (χ4v) is 3.72. The largest absolute Gasteiger partial charge is 0.477 e. The van der Waals surface area contributed by atoms with Gasteiger partial charge in [0.25, 0.3) is 0 Å². The lowest BCUT2D eigenvalue weighted by atomic mass is 9.79. The van der Waals surface area contributed by atoms with Crippen molar-refractivity contribution >= 4 is 17.6 Å². The third kappa shape index (κ3) is 4.28. The molecule has 4 atom stereocenters. The maximum absolute atomic E-state index is 12.0. The number of ether oxygens (including phenoxy) is 1. The van der Waals surface area contributed by atoms with Crippen LogP contribution in [0.4, 0.5) is 4.79 Å². The van der Waals surface area contributed by atoms with Crippen molar-refractivity contribution in [1.29, 1.82) is 0 Å². The second kappa shape index (κ2) is 9.07. The molecule has 0 aliphatic carbocycles.